The number of carbonyl (C=O) groups is 1. The molecule has 0 aliphatic carbocycles. The van der Waals surface area contributed by atoms with Crippen molar-refractivity contribution in [3.63, 3.8) is 0 Å². The molecule has 0 aromatic carbocycles. The van der Waals surface area contributed by atoms with Crippen LogP contribution in [0.4, 0.5) is 0 Å². The van der Waals surface area contributed by atoms with Gasteiger partial charge in [0.05, 0.1) is 20.3 Å². The van der Waals surface area contributed by atoms with Gasteiger partial charge in [-0.2, -0.15) is 4.98 Å². The van der Waals surface area contributed by atoms with Crippen LogP contribution in [0.1, 0.15) is 41.5 Å². The Kier molecular flexibility index (Phi) is 4.64. The summed E-state index contributed by atoms with van der Waals surface area (Å²) in [5.74, 6) is 1.35. The minimum absolute atomic E-state index is 0.0921. The average Bonchev–Trinajstić information content (AvgIpc) is 3.06. The molecule has 1 amide bonds. The third-order valence-electron chi connectivity index (χ3n) is 4.28. The zero-order valence-corrected chi connectivity index (χ0v) is 14.1. The molecule has 0 bridgehead atoms. The summed E-state index contributed by atoms with van der Waals surface area (Å²) in [5.41, 5.74) is 0.423. The maximum absolute atomic E-state index is 13.1. The fraction of sp³-hybridized carbons (Fsp3) is 0.500. The van der Waals surface area contributed by atoms with Crippen molar-refractivity contribution >= 4 is 5.91 Å². The predicted molar refractivity (Wildman–Crippen MR) is 86.0 cm³/mol. The van der Waals surface area contributed by atoms with Crippen molar-refractivity contribution in [2.75, 3.05) is 20.8 Å². The van der Waals surface area contributed by atoms with Gasteiger partial charge in [0.1, 0.15) is 11.9 Å². The Labute approximate surface area is 140 Å². The number of amides is 1. The van der Waals surface area contributed by atoms with Crippen molar-refractivity contribution in [3.8, 4) is 11.8 Å². The van der Waals surface area contributed by atoms with Crippen LogP contribution in [-0.2, 0) is 7.05 Å². The molecule has 24 heavy (non-hydrogen) atoms. The van der Waals surface area contributed by atoms with E-state index in [0.717, 1.165) is 25.1 Å². The predicted octanol–water partition coefficient (Wildman–Crippen LogP) is 1.59. The van der Waals surface area contributed by atoms with Crippen LogP contribution in [0.5, 0.6) is 11.8 Å². The van der Waals surface area contributed by atoms with Crippen LogP contribution < -0.4 is 9.47 Å². The molecule has 3 heterocycles. The van der Waals surface area contributed by atoms with E-state index in [1.54, 1.807) is 18.5 Å². The Balaban J connectivity index is 1.94. The first kappa shape index (κ1) is 16.2. The van der Waals surface area contributed by atoms with Crippen molar-refractivity contribution < 1.29 is 14.3 Å². The second-order valence-electron chi connectivity index (χ2n) is 5.72. The molecule has 0 N–H and O–H groups in total. The lowest BCUT2D eigenvalue weighted by Crippen LogP contribution is -2.39. The lowest BCUT2D eigenvalue weighted by molar-refractivity contribution is 0.0591. The van der Waals surface area contributed by atoms with Crippen LogP contribution in [0.2, 0.25) is 0 Å². The smallest absolute Gasteiger partial charge is 0.259 e. The van der Waals surface area contributed by atoms with E-state index in [2.05, 4.69) is 15.2 Å². The molecule has 1 saturated heterocycles. The van der Waals surface area contributed by atoms with Crippen molar-refractivity contribution in [1.82, 2.24) is 24.6 Å². The highest BCUT2D eigenvalue weighted by Crippen LogP contribution is 2.32. The zero-order chi connectivity index (χ0) is 17.1. The van der Waals surface area contributed by atoms with Gasteiger partial charge in [-0.05, 0) is 25.3 Å². The normalized spacial score (nSPS) is 17.6. The Morgan fingerprint density at radius 1 is 1.25 bits per heavy atom. The van der Waals surface area contributed by atoms with E-state index in [1.165, 1.54) is 14.2 Å². The average molecular weight is 331 g/mol. The third-order valence-corrected chi connectivity index (χ3v) is 4.28. The van der Waals surface area contributed by atoms with Gasteiger partial charge in [0.2, 0.25) is 11.8 Å². The van der Waals surface area contributed by atoms with E-state index < -0.39 is 0 Å². The Hall–Kier alpha value is -2.64. The second kappa shape index (κ2) is 6.86. The molecule has 1 aliphatic heterocycles. The largest absolute Gasteiger partial charge is 0.481 e. The molecule has 1 aliphatic rings. The molecule has 2 aromatic rings. The Morgan fingerprint density at radius 2 is 2.08 bits per heavy atom. The number of rotatable bonds is 4. The lowest BCUT2D eigenvalue weighted by atomic mass is 10.00. The van der Waals surface area contributed by atoms with E-state index in [9.17, 15) is 4.79 Å². The van der Waals surface area contributed by atoms with Gasteiger partial charge < -0.3 is 18.9 Å². The van der Waals surface area contributed by atoms with Gasteiger partial charge in [0, 0.05) is 19.7 Å². The van der Waals surface area contributed by atoms with E-state index in [4.69, 9.17) is 9.47 Å². The van der Waals surface area contributed by atoms with Crippen LogP contribution in [0.3, 0.4) is 0 Å². The van der Waals surface area contributed by atoms with Crippen LogP contribution in [-0.4, -0.2) is 51.3 Å². The Bertz CT molecular complexity index is 730. The molecular weight excluding hydrogens is 310 g/mol. The van der Waals surface area contributed by atoms with Crippen molar-refractivity contribution in [1.29, 1.82) is 0 Å². The number of pyridine rings is 1. The molecule has 0 saturated carbocycles. The van der Waals surface area contributed by atoms with Gasteiger partial charge in [0.15, 0.2) is 5.82 Å². The molecule has 3 rings (SSSR count). The molecule has 0 unspecified atom stereocenters. The molecule has 2 aromatic heterocycles. The SMILES string of the molecule is COc1ccc(C(=O)N2CCCC[C@H]2c2nncn2C)c(OC)n1. The molecule has 1 atom stereocenters. The first-order valence-corrected chi connectivity index (χ1v) is 7.89. The molecule has 128 valence electrons. The van der Waals surface area contributed by atoms with Crippen molar-refractivity contribution in [2.45, 2.75) is 25.3 Å². The van der Waals surface area contributed by atoms with Gasteiger partial charge in [-0.3, -0.25) is 4.79 Å². The van der Waals surface area contributed by atoms with Gasteiger partial charge in [-0.25, -0.2) is 0 Å². The number of hydrogen-bond acceptors (Lipinski definition) is 6. The standard InChI is InChI=1S/C16H21N5O3/c1-20-10-17-19-14(20)12-6-4-5-9-21(12)16(22)11-7-8-13(23-2)18-15(11)24-3/h7-8,10,12H,4-6,9H2,1-3H3/t12-/m0/s1. The first-order chi connectivity index (χ1) is 11.7. The van der Waals surface area contributed by atoms with Crippen LogP contribution in [0, 0.1) is 0 Å². The lowest BCUT2D eigenvalue weighted by Gasteiger charge is -2.35. The van der Waals surface area contributed by atoms with Gasteiger partial charge in [0.25, 0.3) is 5.91 Å². The monoisotopic (exact) mass is 331 g/mol. The molecule has 0 radical (unpaired) electrons. The summed E-state index contributed by atoms with van der Waals surface area (Å²) in [6, 6.07) is 3.26. The van der Waals surface area contributed by atoms with Crippen molar-refractivity contribution in [2.24, 2.45) is 7.05 Å². The molecule has 8 heteroatoms. The zero-order valence-electron chi connectivity index (χ0n) is 14.1. The van der Waals surface area contributed by atoms with E-state index >= 15 is 0 Å². The fourth-order valence-electron chi connectivity index (χ4n) is 3.05. The van der Waals surface area contributed by atoms with Gasteiger partial charge in [-0.1, -0.05) is 0 Å². The molecule has 1 fully saturated rings. The third kappa shape index (κ3) is 2.91. The minimum atomic E-state index is -0.116. The quantitative estimate of drug-likeness (QED) is 0.846. The summed E-state index contributed by atoms with van der Waals surface area (Å²) in [4.78, 5) is 19.1. The number of carbonyl (C=O) groups excluding carboxylic acids is 1. The highest BCUT2D eigenvalue weighted by atomic mass is 16.5. The number of ether oxygens (including phenoxy) is 2. The highest BCUT2D eigenvalue weighted by molar-refractivity contribution is 5.96. The number of piperidine rings is 1. The van der Waals surface area contributed by atoms with Gasteiger partial charge >= 0.3 is 0 Å². The van der Waals surface area contributed by atoms with Crippen LogP contribution in [0.15, 0.2) is 18.5 Å². The summed E-state index contributed by atoms with van der Waals surface area (Å²) in [5, 5.41) is 8.13. The van der Waals surface area contributed by atoms with E-state index in [0.29, 0.717) is 18.0 Å². The summed E-state index contributed by atoms with van der Waals surface area (Å²) in [7, 11) is 4.91. The molecular formula is C16H21N5O3. The van der Waals surface area contributed by atoms with E-state index in [-0.39, 0.29) is 17.8 Å². The number of methoxy groups -OCH3 is 2. The number of nitrogens with zero attached hydrogens (tertiary/aromatic N) is 5. The Morgan fingerprint density at radius 3 is 2.75 bits per heavy atom. The van der Waals surface area contributed by atoms with Gasteiger partial charge in [-0.15, -0.1) is 10.2 Å². The number of likely N-dealkylation sites (tertiary alicyclic amines) is 1. The minimum Gasteiger partial charge on any atom is -0.481 e. The summed E-state index contributed by atoms with van der Waals surface area (Å²) < 4.78 is 12.2. The summed E-state index contributed by atoms with van der Waals surface area (Å²) >= 11 is 0. The maximum Gasteiger partial charge on any atom is 0.259 e. The fourth-order valence-corrected chi connectivity index (χ4v) is 3.05. The van der Waals surface area contributed by atoms with Crippen LogP contribution in [0.25, 0.3) is 0 Å². The highest BCUT2D eigenvalue weighted by Gasteiger charge is 2.33. The number of aromatic nitrogens is 4. The second-order valence-corrected chi connectivity index (χ2v) is 5.72. The van der Waals surface area contributed by atoms with E-state index in [1.807, 2.05) is 16.5 Å². The summed E-state index contributed by atoms with van der Waals surface area (Å²) in [6.07, 6.45) is 4.54. The van der Waals surface area contributed by atoms with Crippen LogP contribution >= 0.6 is 0 Å². The van der Waals surface area contributed by atoms with Crippen molar-refractivity contribution in [3.05, 3.63) is 29.8 Å². The maximum atomic E-state index is 13.1. The number of aryl methyl sites for hydroxylation is 1. The number of hydrogen-bond donors (Lipinski definition) is 0. The molecule has 8 nitrogen and oxygen atoms in total. The topological polar surface area (TPSA) is 82.4 Å². The first-order valence-electron chi connectivity index (χ1n) is 7.89. The molecule has 0 spiro atoms. The summed E-state index contributed by atoms with van der Waals surface area (Å²) in [6.45, 7) is 0.672.